The van der Waals surface area contributed by atoms with Crippen molar-refractivity contribution in [3.05, 3.63) is 53.6 Å². The minimum atomic E-state index is -0.546. The summed E-state index contributed by atoms with van der Waals surface area (Å²) in [5, 5.41) is 0. The molecule has 0 radical (unpaired) electrons. The van der Waals surface area contributed by atoms with Crippen LogP contribution in [0, 0.1) is 0 Å². The number of fused-ring (bicyclic) bond motifs is 2. The number of methoxy groups -OCH3 is 2. The third-order valence-electron chi connectivity index (χ3n) is 5.53. The summed E-state index contributed by atoms with van der Waals surface area (Å²) >= 11 is 0. The molecule has 2 unspecified atom stereocenters. The number of nitrogens with zero attached hydrogens (tertiary/aromatic N) is 1. The lowest BCUT2D eigenvalue weighted by atomic mass is 9.86. The smallest absolute Gasteiger partial charge is 0.328 e. The van der Waals surface area contributed by atoms with E-state index in [4.69, 9.17) is 14.2 Å². The van der Waals surface area contributed by atoms with Gasteiger partial charge in [-0.1, -0.05) is 30.3 Å². The molecular weight excluding hydrogens is 358 g/mol. The van der Waals surface area contributed by atoms with Crippen molar-refractivity contribution in [1.29, 1.82) is 0 Å². The maximum atomic E-state index is 12.7. The van der Waals surface area contributed by atoms with Crippen LogP contribution >= 0.6 is 0 Å². The zero-order chi connectivity index (χ0) is 19.7. The normalized spacial score (nSPS) is 20.6. The van der Waals surface area contributed by atoms with E-state index >= 15 is 0 Å². The first-order valence-corrected chi connectivity index (χ1v) is 9.45. The van der Waals surface area contributed by atoms with Crippen LogP contribution in [0.25, 0.3) is 0 Å². The maximum Gasteiger partial charge on any atom is 0.328 e. The molecule has 2 aromatic rings. The van der Waals surface area contributed by atoms with E-state index in [0.29, 0.717) is 37.3 Å². The van der Waals surface area contributed by atoms with Gasteiger partial charge in [0.2, 0.25) is 5.91 Å². The number of esters is 1. The van der Waals surface area contributed by atoms with Crippen molar-refractivity contribution in [3.63, 3.8) is 0 Å². The molecular formula is C22H23NO5. The van der Waals surface area contributed by atoms with Gasteiger partial charge >= 0.3 is 5.97 Å². The molecule has 6 nitrogen and oxygen atoms in total. The molecule has 0 spiro atoms. The number of piperidine rings is 1. The largest absolute Gasteiger partial charge is 0.493 e. The van der Waals surface area contributed by atoms with Gasteiger partial charge in [0.25, 0.3) is 0 Å². The van der Waals surface area contributed by atoms with Crippen LogP contribution in [0.2, 0.25) is 0 Å². The van der Waals surface area contributed by atoms with E-state index in [2.05, 4.69) is 0 Å². The van der Waals surface area contributed by atoms with Gasteiger partial charge in [0.15, 0.2) is 11.5 Å². The molecule has 1 fully saturated rings. The molecule has 2 atom stereocenters. The standard InChI is InChI=1S/C22H23NO5/c1-26-19-11-5-8-15-16(14-7-3-4-10-18(14)28-21(15)19)13-23-17(22(25)27-2)9-6-12-20(23)24/h3-5,7-8,10-11,16-17H,6,9,12-13H2,1-2H3. The fourth-order valence-electron chi connectivity index (χ4n) is 4.14. The van der Waals surface area contributed by atoms with E-state index in [0.717, 1.165) is 16.9 Å². The first kappa shape index (κ1) is 18.3. The lowest BCUT2D eigenvalue weighted by Gasteiger charge is -2.38. The van der Waals surface area contributed by atoms with E-state index < -0.39 is 6.04 Å². The average molecular weight is 381 g/mol. The minimum absolute atomic E-state index is 0.0185. The number of ether oxygens (including phenoxy) is 3. The summed E-state index contributed by atoms with van der Waals surface area (Å²) in [7, 11) is 2.97. The highest BCUT2D eigenvalue weighted by Gasteiger charge is 2.38. The molecule has 28 heavy (non-hydrogen) atoms. The molecule has 2 aromatic carbocycles. The monoisotopic (exact) mass is 381 g/mol. The van der Waals surface area contributed by atoms with E-state index in [1.165, 1.54) is 7.11 Å². The Hall–Kier alpha value is -3.02. The summed E-state index contributed by atoms with van der Waals surface area (Å²) in [5.74, 6) is 1.54. The van der Waals surface area contributed by atoms with Gasteiger partial charge in [0, 0.05) is 30.0 Å². The molecule has 0 saturated carbocycles. The molecule has 0 N–H and O–H groups in total. The predicted molar refractivity (Wildman–Crippen MR) is 103 cm³/mol. The van der Waals surface area contributed by atoms with Gasteiger partial charge in [0.05, 0.1) is 14.2 Å². The zero-order valence-electron chi connectivity index (χ0n) is 16.0. The Balaban J connectivity index is 1.77. The van der Waals surface area contributed by atoms with Crippen molar-refractivity contribution in [2.75, 3.05) is 20.8 Å². The number of benzene rings is 2. The summed E-state index contributed by atoms with van der Waals surface area (Å²) in [6, 6.07) is 13.0. The molecule has 0 aliphatic carbocycles. The van der Waals surface area contributed by atoms with Gasteiger partial charge in [-0.2, -0.15) is 0 Å². The summed E-state index contributed by atoms with van der Waals surface area (Å²) < 4.78 is 16.6. The van der Waals surface area contributed by atoms with Gasteiger partial charge in [0.1, 0.15) is 11.8 Å². The molecule has 0 aromatic heterocycles. The molecule has 2 aliphatic rings. The zero-order valence-corrected chi connectivity index (χ0v) is 16.0. The molecule has 2 heterocycles. The third-order valence-corrected chi connectivity index (χ3v) is 5.53. The Morgan fingerprint density at radius 1 is 1.14 bits per heavy atom. The Bertz CT molecular complexity index is 910. The maximum absolute atomic E-state index is 12.7. The van der Waals surface area contributed by atoms with Crippen molar-refractivity contribution >= 4 is 11.9 Å². The van der Waals surface area contributed by atoms with Crippen LogP contribution in [0.1, 0.15) is 36.3 Å². The quantitative estimate of drug-likeness (QED) is 0.759. The van der Waals surface area contributed by atoms with Crippen molar-refractivity contribution in [3.8, 4) is 17.2 Å². The number of rotatable bonds is 4. The summed E-state index contributed by atoms with van der Waals surface area (Å²) in [5.41, 5.74) is 1.94. The Morgan fingerprint density at radius 3 is 2.71 bits per heavy atom. The van der Waals surface area contributed by atoms with Gasteiger partial charge in [-0.05, 0) is 25.0 Å². The van der Waals surface area contributed by atoms with Crippen LogP contribution in [-0.4, -0.2) is 43.6 Å². The highest BCUT2D eigenvalue weighted by molar-refractivity contribution is 5.86. The number of carbonyl (C=O) groups excluding carboxylic acids is 2. The third kappa shape index (κ3) is 3.09. The molecule has 146 valence electrons. The lowest BCUT2D eigenvalue weighted by Crippen LogP contribution is -2.50. The summed E-state index contributed by atoms with van der Waals surface area (Å²) in [4.78, 5) is 26.7. The Morgan fingerprint density at radius 2 is 1.93 bits per heavy atom. The number of amides is 1. The number of hydrogen-bond donors (Lipinski definition) is 0. The van der Waals surface area contributed by atoms with Gasteiger partial charge in [-0.25, -0.2) is 4.79 Å². The molecule has 4 rings (SSSR count). The number of hydrogen-bond acceptors (Lipinski definition) is 5. The van der Waals surface area contributed by atoms with E-state index in [-0.39, 0.29) is 17.8 Å². The highest BCUT2D eigenvalue weighted by atomic mass is 16.5. The second-order valence-electron chi connectivity index (χ2n) is 7.05. The molecule has 2 aliphatic heterocycles. The van der Waals surface area contributed by atoms with Crippen LogP contribution in [-0.2, 0) is 14.3 Å². The summed E-state index contributed by atoms with van der Waals surface area (Å²) in [6.07, 6.45) is 1.77. The topological polar surface area (TPSA) is 65.1 Å². The average Bonchev–Trinajstić information content (AvgIpc) is 2.73. The number of para-hydroxylation sites is 2. The Labute approximate surface area is 164 Å². The highest BCUT2D eigenvalue weighted by Crippen LogP contribution is 2.48. The first-order valence-electron chi connectivity index (χ1n) is 9.45. The SMILES string of the molecule is COC(=O)C1CCCC(=O)N1CC1c2ccccc2Oc2c(OC)cccc21. The van der Waals surface area contributed by atoms with Crippen LogP contribution in [0.15, 0.2) is 42.5 Å². The van der Waals surface area contributed by atoms with Crippen molar-refractivity contribution in [1.82, 2.24) is 4.90 Å². The van der Waals surface area contributed by atoms with Crippen LogP contribution in [0.3, 0.4) is 0 Å². The molecule has 1 saturated heterocycles. The predicted octanol–water partition coefficient (Wildman–Crippen LogP) is 3.49. The fourth-order valence-corrected chi connectivity index (χ4v) is 4.14. The van der Waals surface area contributed by atoms with Gasteiger partial charge in [-0.3, -0.25) is 4.79 Å². The van der Waals surface area contributed by atoms with Crippen molar-refractivity contribution < 1.29 is 23.8 Å². The fraction of sp³-hybridized carbons (Fsp3) is 0.364. The number of carbonyl (C=O) groups is 2. The molecule has 6 heteroatoms. The molecule has 0 bridgehead atoms. The van der Waals surface area contributed by atoms with E-state index in [1.54, 1.807) is 12.0 Å². The Kier molecular flexibility index (Phi) is 4.94. The van der Waals surface area contributed by atoms with Crippen molar-refractivity contribution in [2.24, 2.45) is 0 Å². The number of likely N-dealkylation sites (tertiary alicyclic amines) is 1. The first-order chi connectivity index (χ1) is 13.6. The van der Waals surface area contributed by atoms with E-state index in [9.17, 15) is 9.59 Å². The van der Waals surface area contributed by atoms with E-state index in [1.807, 2.05) is 42.5 Å². The molecule has 1 amide bonds. The second kappa shape index (κ2) is 7.54. The van der Waals surface area contributed by atoms with Crippen LogP contribution in [0.5, 0.6) is 17.2 Å². The van der Waals surface area contributed by atoms with Crippen molar-refractivity contribution in [2.45, 2.75) is 31.2 Å². The van der Waals surface area contributed by atoms with Crippen LogP contribution in [0.4, 0.5) is 0 Å². The van der Waals surface area contributed by atoms with Gasteiger partial charge < -0.3 is 19.1 Å². The minimum Gasteiger partial charge on any atom is -0.493 e. The summed E-state index contributed by atoms with van der Waals surface area (Å²) in [6.45, 7) is 0.388. The lowest BCUT2D eigenvalue weighted by molar-refractivity contribution is -0.155. The second-order valence-corrected chi connectivity index (χ2v) is 7.05. The van der Waals surface area contributed by atoms with Gasteiger partial charge in [-0.15, -0.1) is 0 Å². The van der Waals surface area contributed by atoms with Crippen LogP contribution < -0.4 is 9.47 Å².